The van der Waals surface area contributed by atoms with Gasteiger partial charge in [0.25, 0.3) is 0 Å². The Hall–Kier alpha value is -1.06. The molecule has 3 nitrogen and oxygen atoms in total. The molecule has 0 bridgehead atoms. The first-order valence-electron chi connectivity index (χ1n) is 20.0. The number of phenols is 1. The summed E-state index contributed by atoms with van der Waals surface area (Å²) in [6.45, 7) is 27.7. The molecule has 4 saturated carbocycles. The molecule has 0 aromatic heterocycles. The predicted molar refractivity (Wildman–Crippen MR) is 198 cm³/mol. The minimum Gasteiger partial charge on any atom is -0.507 e. The Labute approximate surface area is 290 Å². The molecule has 1 aromatic rings. The molecule has 4 aliphatic rings. The maximum absolute atomic E-state index is 11.1. The van der Waals surface area contributed by atoms with E-state index in [1.165, 1.54) is 77.0 Å². The fourth-order valence-corrected chi connectivity index (χ4v) is 11.8. The third kappa shape index (κ3) is 7.82. The average Bonchev–Trinajstić information content (AvgIpc) is 3.33. The maximum atomic E-state index is 11.1. The summed E-state index contributed by atoms with van der Waals surface area (Å²) in [6.07, 6.45) is 17.3. The minimum absolute atomic E-state index is 0.125. The zero-order valence-corrected chi connectivity index (χ0v) is 32.6. The summed E-state index contributed by atoms with van der Waals surface area (Å²) in [5.41, 5.74) is 3.99. The van der Waals surface area contributed by atoms with Gasteiger partial charge in [0.2, 0.25) is 0 Å². The predicted octanol–water partition coefficient (Wildman–Crippen LogP) is 12.0. The van der Waals surface area contributed by atoms with Crippen molar-refractivity contribution in [2.45, 2.75) is 177 Å². The lowest BCUT2D eigenvalue weighted by molar-refractivity contribution is -0.139. The van der Waals surface area contributed by atoms with Crippen LogP contribution in [0.25, 0.3) is 0 Å². The molecule has 0 amide bonds. The fourth-order valence-electron chi connectivity index (χ4n) is 11.8. The molecule has 0 heterocycles. The Bertz CT molecular complexity index is 1150. The third-order valence-electron chi connectivity index (χ3n) is 14.5. The van der Waals surface area contributed by atoms with E-state index in [1.54, 1.807) is 0 Å². The van der Waals surface area contributed by atoms with Crippen LogP contribution in [0.4, 0.5) is 0 Å². The highest BCUT2D eigenvalue weighted by atomic mass is 16.5. The van der Waals surface area contributed by atoms with E-state index in [1.807, 2.05) is 0 Å². The van der Waals surface area contributed by atoms with E-state index in [-0.39, 0.29) is 10.8 Å². The van der Waals surface area contributed by atoms with Gasteiger partial charge in [-0.15, -0.1) is 0 Å². The van der Waals surface area contributed by atoms with Crippen LogP contribution in [0, 0.1) is 52.3 Å². The number of phenolic OH excluding ortho intramolecular Hbond substituents is 1. The van der Waals surface area contributed by atoms with Gasteiger partial charge < -0.3 is 14.6 Å². The van der Waals surface area contributed by atoms with Gasteiger partial charge in [-0.3, -0.25) is 0 Å². The van der Waals surface area contributed by atoms with Gasteiger partial charge in [0.05, 0.1) is 25.9 Å². The van der Waals surface area contributed by atoms with Crippen LogP contribution in [-0.4, -0.2) is 24.4 Å². The molecule has 0 spiro atoms. The summed E-state index contributed by atoms with van der Waals surface area (Å²) in [5.74, 6) is 6.81. The van der Waals surface area contributed by atoms with Crippen LogP contribution in [-0.2, 0) is 26.9 Å². The Morgan fingerprint density at radius 3 is 2.06 bits per heavy atom. The highest BCUT2D eigenvalue weighted by Crippen LogP contribution is 2.68. The first-order valence-corrected chi connectivity index (χ1v) is 20.0. The number of rotatable bonds is 11. The van der Waals surface area contributed by atoms with Crippen LogP contribution in [0.15, 0.2) is 12.1 Å². The second-order valence-electron chi connectivity index (χ2n) is 20.0. The molecular weight excluding hydrogens is 576 g/mol. The van der Waals surface area contributed by atoms with Crippen molar-refractivity contribution in [3.63, 3.8) is 0 Å². The van der Waals surface area contributed by atoms with Crippen LogP contribution in [0.3, 0.4) is 0 Å². The van der Waals surface area contributed by atoms with E-state index in [2.05, 4.69) is 88.3 Å². The van der Waals surface area contributed by atoms with E-state index in [0.29, 0.717) is 42.5 Å². The number of benzene rings is 1. The smallest absolute Gasteiger partial charge is 0.123 e. The molecular formula is C44H74O3. The standard InChI is InChI=1S/C44H74O3/c1-29(2)13-12-14-30(3)35-17-18-36-34-16-15-32-27-33(19-21-43(32,10)37(34)20-22-44(35,36)11)47-24-23-46-28-31-25-38(41(4,5)6)40(45)39(26-31)42(7,8)9/h25-26,29-30,32-37,45H,12-24,27-28H2,1-11H3/t30-,32?,33?,34+,35-,36+,37+,43+,44-/m1/s1. The van der Waals surface area contributed by atoms with Crippen LogP contribution in [0.5, 0.6) is 5.75 Å². The van der Waals surface area contributed by atoms with Crippen molar-refractivity contribution in [3.8, 4) is 5.75 Å². The summed E-state index contributed by atoms with van der Waals surface area (Å²) in [6, 6.07) is 4.27. The van der Waals surface area contributed by atoms with E-state index >= 15 is 0 Å². The molecule has 1 aromatic carbocycles. The van der Waals surface area contributed by atoms with Crippen molar-refractivity contribution in [1.29, 1.82) is 0 Å². The zero-order chi connectivity index (χ0) is 34.4. The minimum atomic E-state index is -0.125. The molecule has 5 rings (SSSR count). The molecule has 1 N–H and O–H groups in total. The molecule has 9 atom stereocenters. The maximum Gasteiger partial charge on any atom is 0.123 e. The highest BCUT2D eigenvalue weighted by molar-refractivity contribution is 5.49. The molecule has 0 radical (unpaired) electrons. The van der Waals surface area contributed by atoms with Gasteiger partial charge in [-0.2, -0.15) is 0 Å². The number of hydrogen-bond donors (Lipinski definition) is 1. The second kappa shape index (κ2) is 14.3. The summed E-state index contributed by atoms with van der Waals surface area (Å²) < 4.78 is 12.7. The van der Waals surface area contributed by atoms with Gasteiger partial charge in [-0.25, -0.2) is 0 Å². The quantitative estimate of drug-likeness (QED) is 0.242. The largest absolute Gasteiger partial charge is 0.507 e. The third-order valence-corrected chi connectivity index (χ3v) is 14.5. The normalized spacial score (nSPS) is 35.0. The summed E-state index contributed by atoms with van der Waals surface area (Å²) >= 11 is 0. The highest BCUT2D eigenvalue weighted by Gasteiger charge is 2.60. The SMILES string of the molecule is CC(C)CCC[C@@H](C)[C@H]1CC[C@H]2[C@@H]3CCC4CC(OCCOCc5cc(C(C)(C)C)c(O)c(C(C)(C)C)c5)CC[C@]4(C)[C@H]3CC[C@]12C. The number of aromatic hydroxyl groups is 1. The van der Waals surface area contributed by atoms with Crippen molar-refractivity contribution in [3.05, 3.63) is 28.8 Å². The Kier molecular flexibility index (Phi) is 11.3. The van der Waals surface area contributed by atoms with Crippen molar-refractivity contribution in [1.82, 2.24) is 0 Å². The monoisotopic (exact) mass is 651 g/mol. The van der Waals surface area contributed by atoms with Gasteiger partial charge in [0, 0.05) is 0 Å². The van der Waals surface area contributed by atoms with Crippen LogP contribution < -0.4 is 0 Å². The summed E-state index contributed by atoms with van der Waals surface area (Å²) in [5, 5.41) is 11.1. The van der Waals surface area contributed by atoms with Gasteiger partial charge in [0.15, 0.2) is 0 Å². The lowest BCUT2D eigenvalue weighted by Gasteiger charge is -2.61. The number of ether oxygens (including phenoxy) is 2. The van der Waals surface area contributed by atoms with E-state index in [4.69, 9.17) is 9.47 Å². The molecule has 0 saturated heterocycles. The van der Waals surface area contributed by atoms with Crippen molar-refractivity contribution >= 4 is 0 Å². The molecule has 268 valence electrons. The van der Waals surface area contributed by atoms with E-state index < -0.39 is 0 Å². The summed E-state index contributed by atoms with van der Waals surface area (Å²) in [4.78, 5) is 0. The molecule has 0 aliphatic heterocycles. The van der Waals surface area contributed by atoms with Gasteiger partial charge in [0.1, 0.15) is 5.75 Å². The lowest BCUT2D eigenvalue weighted by atomic mass is 9.44. The van der Waals surface area contributed by atoms with Crippen molar-refractivity contribution in [2.24, 2.45) is 52.3 Å². The van der Waals surface area contributed by atoms with Crippen LogP contribution >= 0.6 is 0 Å². The Morgan fingerprint density at radius 2 is 1.43 bits per heavy atom. The van der Waals surface area contributed by atoms with Crippen molar-refractivity contribution < 1.29 is 14.6 Å². The Morgan fingerprint density at radius 1 is 0.787 bits per heavy atom. The first kappa shape index (κ1) is 37.2. The molecule has 4 fully saturated rings. The molecule has 4 aliphatic carbocycles. The van der Waals surface area contributed by atoms with E-state index in [9.17, 15) is 5.11 Å². The Balaban J connectivity index is 1.11. The van der Waals surface area contributed by atoms with Crippen molar-refractivity contribution in [2.75, 3.05) is 13.2 Å². The second-order valence-corrected chi connectivity index (χ2v) is 20.0. The summed E-state index contributed by atoms with van der Waals surface area (Å²) in [7, 11) is 0. The fraction of sp³-hybridized carbons (Fsp3) is 0.864. The number of fused-ring (bicyclic) bond motifs is 5. The molecule has 3 heteroatoms. The average molecular weight is 651 g/mol. The number of hydrogen-bond acceptors (Lipinski definition) is 3. The topological polar surface area (TPSA) is 38.7 Å². The van der Waals surface area contributed by atoms with Gasteiger partial charge in [-0.1, -0.05) is 95.4 Å². The zero-order valence-electron chi connectivity index (χ0n) is 32.6. The van der Waals surface area contributed by atoms with Crippen LogP contribution in [0.1, 0.15) is 170 Å². The van der Waals surface area contributed by atoms with Gasteiger partial charge in [-0.05, 0) is 150 Å². The van der Waals surface area contributed by atoms with E-state index in [0.717, 1.165) is 58.1 Å². The van der Waals surface area contributed by atoms with Gasteiger partial charge >= 0.3 is 0 Å². The molecule has 2 unspecified atom stereocenters. The van der Waals surface area contributed by atoms with Crippen LogP contribution in [0.2, 0.25) is 0 Å². The first-order chi connectivity index (χ1) is 21.9. The molecule has 47 heavy (non-hydrogen) atoms. The lowest BCUT2D eigenvalue weighted by Crippen LogP contribution is -2.54.